The highest BCUT2D eigenvalue weighted by atomic mass is 16.5. The molecule has 2 fully saturated rings. The number of nitrogens with zero attached hydrogens (tertiary/aromatic N) is 3. The number of benzene rings is 2. The molecular weight excluding hydrogens is 408 g/mol. The van der Waals surface area contributed by atoms with E-state index in [1.54, 1.807) is 12.0 Å². The zero-order valence-corrected chi connectivity index (χ0v) is 18.0. The average molecular weight is 434 g/mol. The third-order valence-electron chi connectivity index (χ3n) is 6.77. The minimum absolute atomic E-state index is 0.212. The zero-order chi connectivity index (χ0) is 22.3. The third kappa shape index (κ3) is 3.18. The molecule has 8 nitrogen and oxygen atoms in total. The van der Waals surface area contributed by atoms with E-state index >= 15 is 0 Å². The van der Waals surface area contributed by atoms with Crippen LogP contribution in [0.15, 0.2) is 48.5 Å². The quantitative estimate of drug-likeness (QED) is 0.742. The first-order valence-electron chi connectivity index (χ1n) is 10.9. The minimum atomic E-state index is -1.03. The number of piperazine rings is 1. The predicted octanol–water partition coefficient (Wildman–Crippen LogP) is 1.74. The van der Waals surface area contributed by atoms with Crippen LogP contribution in [0.5, 0.6) is 5.75 Å². The number of rotatable bonds is 4. The first-order valence-corrected chi connectivity index (χ1v) is 10.9. The van der Waals surface area contributed by atoms with Gasteiger partial charge < -0.3 is 19.9 Å². The number of aryl methyl sites for hydroxylation is 1. The molecule has 1 aliphatic carbocycles. The molecule has 1 N–H and O–H groups in total. The molecule has 32 heavy (non-hydrogen) atoms. The van der Waals surface area contributed by atoms with Crippen LogP contribution in [0.3, 0.4) is 0 Å². The molecule has 166 valence electrons. The Balaban J connectivity index is 1.25. The molecule has 4 amide bonds. The number of fused-ring (bicyclic) bond motifs is 2. The standard InChI is InChI=1S/C24H26N4O4/c1-32-20-9-5-4-8-19(20)26-12-14-27(15-13-26)21(29)16-28-22(30)24(25-23(28)31)11-10-17-6-2-3-7-18(17)24/h2-9H,10-16H2,1H3,(H,25,31)/t24-/m1/s1. The topological polar surface area (TPSA) is 82.2 Å². The fourth-order valence-corrected chi connectivity index (χ4v) is 5.06. The van der Waals surface area contributed by atoms with E-state index in [4.69, 9.17) is 4.74 Å². The Labute approximate surface area is 186 Å². The van der Waals surface area contributed by atoms with E-state index in [9.17, 15) is 14.4 Å². The molecule has 0 saturated carbocycles. The van der Waals surface area contributed by atoms with Crippen LogP contribution in [0.2, 0.25) is 0 Å². The van der Waals surface area contributed by atoms with Crippen molar-refractivity contribution in [3.63, 3.8) is 0 Å². The van der Waals surface area contributed by atoms with Crippen molar-refractivity contribution in [3.8, 4) is 5.75 Å². The van der Waals surface area contributed by atoms with Crippen LogP contribution in [0.4, 0.5) is 10.5 Å². The fourth-order valence-electron chi connectivity index (χ4n) is 5.06. The number of carbonyl (C=O) groups excluding carboxylic acids is 3. The van der Waals surface area contributed by atoms with Gasteiger partial charge in [0.1, 0.15) is 17.8 Å². The summed E-state index contributed by atoms with van der Waals surface area (Å²) in [6, 6.07) is 15.0. The molecule has 0 aromatic heterocycles. The molecule has 0 radical (unpaired) electrons. The first-order chi connectivity index (χ1) is 15.5. The number of carbonyl (C=O) groups is 3. The monoisotopic (exact) mass is 434 g/mol. The number of imide groups is 1. The normalized spacial score (nSPS) is 22.3. The number of hydrogen-bond acceptors (Lipinski definition) is 5. The maximum absolute atomic E-state index is 13.3. The van der Waals surface area contributed by atoms with E-state index in [-0.39, 0.29) is 18.4 Å². The smallest absolute Gasteiger partial charge is 0.325 e. The minimum Gasteiger partial charge on any atom is -0.495 e. The highest BCUT2D eigenvalue weighted by molar-refractivity contribution is 6.09. The van der Waals surface area contributed by atoms with Crippen molar-refractivity contribution in [1.82, 2.24) is 15.1 Å². The lowest BCUT2D eigenvalue weighted by atomic mass is 9.92. The Bertz CT molecular complexity index is 1080. The number of hydrogen-bond donors (Lipinski definition) is 1. The number of nitrogens with one attached hydrogen (secondary N) is 1. The zero-order valence-electron chi connectivity index (χ0n) is 18.0. The van der Waals surface area contributed by atoms with Gasteiger partial charge in [-0.3, -0.25) is 14.5 Å². The summed E-state index contributed by atoms with van der Waals surface area (Å²) in [5.41, 5.74) is 1.88. The molecule has 0 bridgehead atoms. The van der Waals surface area contributed by atoms with Gasteiger partial charge in [-0.25, -0.2) is 4.79 Å². The van der Waals surface area contributed by atoms with Gasteiger partial charge in [0.15, 0.2) is 0 Å². The second-order valence-electron chi connectivity index (χ2n) is 8.42. The van der Waals surface area contributed by atoms with Crippen LogP contribution in [-0.2, 0) is 21.5 Å². The summed E-state index contributed by atoms with van der Waals surface area (Å²) >= 11 is 0. The largest absolute Gasteiger partial charge is 0.495 e. The average Bonchev–Trinajstić information content (AvgIpc) is 3.32. The van der Waals surface area contributed by atoms with Gasteiger partial charge in [-0.05, 0) is 36.1 Å². The molecule has 2 saturated heterocycles. The van der Waals surface area contributed by atoms with Gasteiger partial charge in [-0.15, -0.1) is 0 Å². The SMILES string of the molecule is COc1ccccc1N1CCN(C(=O)CN2C(=O)N[C@@]3(CCc4ccccc43)C2=O)CC1. The van der Waals surface area contributed by atoms with E-state index in [1.807, 2.05) is 48.5 Å². The van der Waals surface area contributed by atoms with Crippen molar-refractivity contribution >= 4 is 23.5 Å². The molecule has 2 aliphatic heterocycles. The van der Waals surface area contributed by atoms with Crippen LogP contribution in [0, 0.1) is 0 Å². The molecule has 2 aromatic rings. The summed E-state index contributed by atoms with van der Waals surface area (Å²) in [6.07, 6.45) is 1.26. The molecule has 5 rings (SSSR count). The van der Waals surface area contributed by atoms with Crippen molar-refractivity contribution < 1.29 is 19.1 Å². The van der Waals surface area contributed by atoms with E-state index in [1.165, 1.54) is 0 Å². The Morgan fingerprint density at radius 1 is 1.03 bits per heavy atom. The Hall–Kier alpha value is -3.55. The lowest BCUT2D eigenvalue weighted by Gasteiger charge is -2.37. The van der Waals surface area contributed by atoms with Crippen LogP contribution in [-0.4, -0.2) is 67.5 Å². The van der Waals surface area contributed by atoms with E-state index < -0.39 is 11.6 Å². The number of amides is 4. The van der Waals surface area contributed by atoms with Gasteiger partial charge in [-0.2, -0.15) is 0 Å². The molecule has 8 heteroatoms. The third-order valence-corrected chi connectivity index (χ3v) is 6.77. The Kier molecular flexibility index (Phi) is 5.00. The van der Waals surface area contributed by atoms with Crippen LogP contribution >= 0.6 is 0 Å². The highest BCUT2D eigenvalue weighted by Crippen LogP contribution is 2.41. The lowest BCUT2D eigenvalue weighted by Crippen LogP contribution is -2.52. The van der Waals surface area contributed by atoms with Gasteiger partial charge in [0, 0.05) is 26.2 Å². The second kappa shape index (κ2) is 7.85. The first kappa shape index (κ1) is 20.4. The molecule has 2 heterocycles. The van der Waals surface area contributed by atoms with Crippen molar-refractivity contribution in [3.05, 3.63) is 59.7 Å². The van der Waals surface area contributed by atoms with Crippen LogP contribution in [0.1, 0.15) is 17.5 Å². The number of methoxy groups -OCH3 is 1. The summed E-state index contributed by atoms with van der Waals surface area (Å²) in [7, 11) is 1.65. The summed E-state index contributed by atoms with van der Waals surface area (Å²) in [5.74, 6) is 0.263. The summed E-state index contributed by atoms with van der Waals surface area (Å²) in [5, 5.41) is 2.88. The number of anilines is 1. The number of urea groups is 1. The summed E-state index contributed by atoms with van der Waals surface area (Å²) < 4.78 is 5.45. The summed E-state index contributed by atoms with van der Waals surface area (Å²) in [4.78, 5) is 43.9. The highest BCUT2D eigenvalue weighted by Gasteiger charge is 2.55. The van der Waals surface area contributed by atoms with Crippen molar-refractivity contribution in [2.75, 3.05) is 44.7 Å². The maximum Gasteiger partial charge on any atom is 0.325 e. The second-order valence-corrected chi connectivity index (χ2v) is 8.42. The van der Waals surface area contributed by atoms with E-state index in [0.717, 1.165) is 33.9 Å². The van der Waals surface area contributed by atoms with Gasteiger partial charge in [0.25, 0.3) is 5.91 Å². The Morgan fingerprint density at radius 2 is 1.75 bits per heavy atom. The molecular formula is C24H26N4O4. The Morgan fingerprint density at radius 3 is 2.53 bits per heavy atom. The van der Waals surface area contributed by atoms with Crippen LogP contribution in [0.25, 0.3) is 0 Å². The molecule has 0 unspecified atom stereocenters. The van der Waals surface area contributed by atoms with Gasteiger partial charge >= 0.3 is 6.03 Å². The van der Waals surface area contributed by atoms with E-state index in [0.29, 0.717) is 32.6 Å². The van der Waals surface area contributed by atoms with Crippen molar-refractivity contribution in [1.29, 1.82) is 0 Å². The van der Waals surface area contributed by atoms with Gasteiger partial charge in [0.2, 0.25) is 5.91 Å². The summed E-state index contributed by atoms with van der Waals surface area (Å²) in [6.45, 7) is 2.12. The lowest BCUT2D eigenvalue weighted by molar-refractivity contribution is -0.139. The van der Waals surface area contributed by atoms with E-state index in [2.05, 4.69) is 10.2 Å². The maximum atomic E-state index is 13.3. The van der Waals surface area contributed by atoms with Gasteiger partial charge in [0.05, 0.1) is 12.8 Å². The fraction of sp³-hybridized carbons (Fsp3) is 0.375. The van der Waals surface area contributed by atoms with Crippen molar-refractivity contribution in [2.24, 2.45) is 0 Å². The molecule has 1 atom stereocenters. The van der Waals surface area contributed by atoms with Gasteiger partial charge in [-0.1, -0.05) is 36.4 Å². The molecule has 1 spiro atoms. The molecule has 2 aromatic carbocycles. The van der Waals surface area contributed by atoms with Crippen molar-refractivity contribution in [2.45, 2.75) is 18.4 Å². The van der Waals surface area contributed by atoms with Crippen LogP contribution < -0.4 is 15.0 Å². The molecule has 3 aliphatic rings. The number of ether oxygens (including phenoxy) is 1. The number of para-hydroxylation sites is 2. The predicted molar refractivity (Wildman–Crippen MR) is 118 cm³/mol.